The summed E-state index contributed by atoms with van der Waals surface area (Å²) in [4.78, 5) is 17.7. The maximum Gasteiger partial charge on any atom is 0.261 e. The molecular formula is C21H17N3O3S3. The molecular weight excluding hydrogens is 438 g/mol. The van der Waals surface area contributed by atoms with Crippen molar-refractivity contribution < 1.29 is 13.2 Å². The average Bonchev–Trinajstić information content (AvgIpc) is 3.16. The van der Waals surface area contributed by atoms with Gasteiger partial charge in [-0.05, 0) is 48.5 Å². The number of benzene rings is 3. The van der Waals surface area contributed by atoms with E-state index in [1.165, 1.54) is 35.2 Å². The van der Waals surface area contributed by atoms with Crippen molar-refractivity contribution in [3.63, 3.8) is 0 Å². The van der Waals surface area contributed by atoms with Crippen LogP contribution in [0.4, 0.5) is 10.8 Å². The number of nitrogens with zero attached hydrogens (tertiary/aromatic N) is 1. The Morgan fingerprint density at radius 3 is 2.37 bits per heavy atom. The smallest absolute Gasteiger partial charge is 0.261 e. The summed E-state index contributed by atoms with van der Waals surface area (Å²) in [5.41, 5.74) is 1.32. The van der Waals surface area contributed by atoms with Crippen molar-refractivity contribution in [2.24, 2.45) is 0 Å². The van der Waals surface area contributed by atoms with Crippen LogP contribution in [-0.2, 0) is 14.8 Å². The second-order valence-electron chi connectivity index (χ2n) is 6.27. The number of hydrogen-bond donors (Lipinski definition) is 2. The lowest BCUT2D eigenvalue weighted by atomic mass is 10.3. The van der Waals surface area contributed by atoms with Gasteiger partial charge in [0.05, 0.1) is 20.9 Å². The first kappa shape index (κ1) is 20.4. The fourth-order valence-electron chi connectivity index (χ4n) is 2.66. The standard InChI is InChI=1S/C21H17N3O3S3/c25-20(23-21-22-18-8-4-5-9-19(18)29-21)14-28-16-12-10-15(11-13-16)24-30(26,27)17-6-2-1-3-7-17/h1-13,24H,14H2,(H,22,23,25). The van der Waals surface area contributed by atoms with Crippen molar-refractivity contribution in [3.8, 4) is 0 Å². The quantitative estimate of drug-likeness (QED) is 0.390. The molecule has 0 atom stereocenters. The van der Waals surface area contributed by atoms with Crippen LogP contribution in [0.1, 0.15) is 0 Å². The van der Waals surface area contributed by atoms with Crippen LogP contribution in [0.5, 0.6) is 0 Å². The molecule has 0 unspecified atom stereocenters. The first-order valence-corrected chi connectivity index (χ1v) is 12.2. The number of fused-ring (bicyclic) bond motifs is 1. The van der Waals surface area contributed by atoms with Gasteiger partial charge < -0.3 is 5.32 Å². The van der Waals surface area contributed by atoms with Gasteiger partial charge >= 0.3 is 0 Å². The summed E-state index contributed by atoms with van der Waals surface area (Å²) in [6.45, 7) is 0. The van der Waals surface area contributed by atoms with Crippen molar-refractivity contribution in [3.05, 3.63) is 78.9 Å². The monoisotopic (exact) mass is 455 g/mol. The van der Waals surface area contributed by atoms with Gasteiger partial charge in [-0.1, -0.05) is 41.7 Å². The number of thioether (sulfide) groups is 1. The summed E-state index contributed by atoms with van der Waals surface area (Å²) in [7, 11) is -3.62. The molecule has 9 heteroatoms. The molecule has 2 N–H and O–H groups in total. The van der Waals surface area contributed by atoms with Crippen molar-refractivity contribution in [1.29, 1.82) is 0 Å². The van der Waals surface area contributed by atoms with Crippen molar-refractivity contribution >= 4 is 60.1 Å². The molecule has 1 amide bonds. The summed E-state index contributed by atoms with van der Waals surface area (Å²) in [5, 5.41) is 3.39. The number of sulfonamides is 1. The van der Waals surface area contributed by atoms with Crippen LogP contribution < -0.4 is 10.0 Å². The number of rotatable bonds is 7. The third-order valence-electron chi connectivity index (χ3n) is 4.07. The number of carbonyl (C=O) groups excluding carboxylic acids is 1. The Morgan fingerprint density at radius 1 is 0.933 bits per heavy atom. The van der Waals surface area contributed by atoms with E-state index in [0.29, 0.717) is 10.8 Å². The zero-order valence-corrected chi connectivity index (χ0v) is 18.1. The molecule has 6 nitrogen and oxygen atoms in total. The van der Waals surface area contributed by atoms with E-state index in [0.717, 1.165) is 15.1 Å². The molecule has 4 rings (SSSR count). The molecule has 0 aliphatic carbocycles. The van der Waals surface area contributed by atoms with Crippen molar-refractivity contribution in [2.45, 2.75) is 9.79 Å². The second kappa shape index (κ2) is 8.86. The van der Waals surface area contributed by atoms with E-state index in [2.05, 4.69) is 15.0 Å². The van der Waals surface area contributed by atoms with Gasteiger partial charge in [-0.15, -0.1) is 11.8 Å². The number of anilines is 2. The van der Waals surface area contributed by atoms with Crippen LogP contribution in [0.2, 0.25) is 0 Å². The van der Waals surface area contributed by atoms with Gasteiger partial charge in [0.2, 0.25) is 5.91 Å². The Hall–Kier alpha value is -2.88. The Morgan fingerprint density at radius 2 is 1.63 bits per heavy atom. The number of thiazole rings is 1. The summed E-state index contributed by atoms with van der Waals surface area (Å²) >= 11 is 2.80. The van der Waals surface area contributed by atoms with Gasteiger partial charge in [-0.3, -0.25) is 9.52 Å². The lowest BCUT2D eigenvalue weighted by Crippen LogP contribution is -2.13. The van der Waals surface area contributed by atoms with E-state index in [9.17, 15) is 13.2 Å². The van der Waals surface area contributed by atoms with Crippen molar-refractivity contribution in [2.75, 3.05) is 15.8 Å². The van der Waals surface area contributed by atoms with Crippen LogP contribution >= 0.6 is 23.1 Å². The number of para-hydroxylation sites is 1. The molecule has 0 aliphatic rings. The zero-order valence-electron chi connectivity index (χ0n) is 15.6. The number of carbonyl (C=O) groups is 1. The van der Waals surface area contributed by atoms with Gasteiger partial charge in [0, 0.05) is 10.6 Å². The van der Waals surface area contributed by atoms with Gasteiger partial charge in [0.1, 0.15) is 0 Å². The summed E-state index contributed by atoms with van der Waals surface area (Å²) in [6, 6.07) is 22.8. The molecule has 0 aliphatic heterocycles. The Bertz CT molecular complexity index is 1240. The Labute approximate surface area is 182 Å². The van der Waals surface area contributed by atoms with E-state index < -0.39 is 10.0 Å². The highest BCUT2D eigenvalue weighted by Crippen LogP contribution is 2.26. The third-order valence-corrected chi connectivity index (χ3v) is 7.43. The summed E-state index contributed by atoms with van der Waals surface area (Å²) in [6.07, 6.45) is 0. The first-order chi connectivity index (χ1) is 14.5. The van der Waals surface area contributed by atoms with E-state index >= 15 is 0 Å². The highest BCUT2D eigenvalue weighted by Gasteiger charge is 2.13. The van der Waals surface area contributed by atoms with Crippen LogP contribution in [0.25, 0.3) is 10.2 Å². The highest BCUT2D eigenvalue weighted by atomic mass is 32.2. The normalized spacial score (nSPS) is 11.3. The molecule has 0 saturated heterocycles. The van der Waals surface area contributed by atoms with E-state index in [-0.39, 0.29) is 16.6 Å². The number of nitrogens with one attached hydrogen (secondary N) is 2. The number of hydrogen-bond acceptors (Lipinski definition) is 6. The molecule has 0 radical (unpaired) electrons. The maximum absolute atomic E-state index is 12.4. The summed E-state index contributed by atoms with van der Waals surface area (Å²) in [5.74, 6) is 0.0817. The molecule has 0 saturated carbocycles. The highest BCUT2D eigenvalue weighted by molar-refractivity contribution is 8.00. The third kappa shape index (κ3) is 4.99. The van der Waals surface area contributed by atoms with Gasteiger partial charge in [-0.25, -0.2) is 13.4 Å². The minimum absolute atomic E-state index is 0.145. The van der Waals surface area contributed by atoms with Gasteiger partial charge in [0.25, 0.3) is 10.0 Å². The number of amides is 1. The lowest BCUT2D eigenvalue weighted by Gasteiger charge is -2.08. The maximum atomic E-state index is 12.4. The predicted molar refractivity (Wildman–Crippen MR) is 123 cm³/mol. The van der Waals surface area contributed by atoms with Crippen LogP contribution in [0.15, 0.2) is 88.7 Å². The Kier molecular flexibility index (Phi) is 6.03. The van der Waals surface area contributed by atoms with Crippen LogP contribution in [0, 0.1) is 0 Å². The molecule has 152 valence electrons. The topological polar surface area (TPSA) is 88.2 Å². The predicted octanol–water partition coefficient (Wildman–Crippen LogP) is 4.83. The van der Waals surface area contributed by atoms with E-state index in [1.54, 1.807) is 42.5 Å². The molecule has 30 heavy (non-hydrogen) atoms. The van der Waals surface area contributed by atoms with E-state index in [1.807, 2.05) is 24.3 Å². The zero-order chi connectivity index (χ0) is 21.0. The van der Waals surface area contributed by atoms with Crippen molar-refractivity contribution in [1.82, 2.24) is 4.98 Å². The average molecular weight is 456 g/mol. The minimum Gasteiger partial charge on any atom is -0.301 e. The summed E-state index contributed by atoms with van der Waals surface area (Å²) < 4.78 is 28.3. The van der Waals surface area contributed by atoms with E-state index in [4.69, 9.17) is 0 Å². The SMILES string of the molecule is O=C(CSc1ccc(NS(=O)(=O)c2ccccc2)cc1)Nc1nc2ccccc2s1. The first-order valence-electron chi connectivity index (χ1n) is 8.96. The fraction of sp³-hybridized carbons (Fsp3) is 0.0476. The fourth-order valence-corrected chi connectivity index (χ4v) is 5.32. The largest absolute Gasteiger partial charge is 0.301 e. The minimum atomic E-state index is -3.62. The van der Waals surface area contributed by atoms with Crippen LogP contribution in [0.3, 0.4) is 0 Å². The van der Waals surface area contributed by atoms with Gasteiger partial charge in [-0.2, -0.15) is 0 Å². The number of aromatic nitrogens is 1. The van der Waals surface area contributed by atoms with Crippen LogP contribution in [-0.4, -0.2) is 25.1 Å². The Balaban J connectivity index is 1.32. The second-order valence-corrected chi connectivity index (χ2v) is 10.0. The van der Waals surface area contributed by atoms with Gasteiger partial charge in [0.15, 0.2) is 5.13 Å². The molecule has 0 bridgehead atoms. The molecule has 0 spiro atoms. The molecule has 4 aromatic rings. The lowest BCUT2D eigenvalue weighted by molar-refractivity contribution is -0.113. The molecule has 1 aromatic heterocycles. The molecule has 1 heterocycles. The molecule has 0 fully saturated rings. The molecule has 3 aromatic carbocycles.